The molecule has 1 aromatic heterocycles. The highest BCUT2D eigenvalue weighted by atomic mass is 32.2. The monoisotopic (exact) mass is 372 g/mol. The van der Waals surface area contributed by atoms with Gasteiger partial charge in [0.1, 0.15) is 11.9 Å². The summed E-state index contributed by atoms with van der Waals surface area (Å²) in [5.74, 6) is 1.07. The Hall–Kier alpha value is -2.54. The van der Waals surface area contributed by atoms with Crippen LogP contribution in [0.2, 0.25) is 0 Å². The Labute approximate surface area is 158 Å². The van der Waals surface area contributed by atoms with Gasteiger partial charge in [-0.25, -0.2) is 4.98 Å². The minimum Gasteiger partial charge on any atom is -0.363 e. The van der Waals surface area contributed by atoms with Gasteiger partial charge in [0.15, 0.2) is 0 Å². The topological polar surface area (TPSA) is 74.3 Å². The molecule has 1 atom stereocenters. The summed E-state index contributed by atoms with van der Waals surface area (Å²) in [5, 5.41) is 5.65. The number of carbonyl (C=O) groups is 2. The summed E-state index contributed by atoms with van der Waals surface area (Å²) < 4.78 is 0. The van der Waals surface area contributed by atoms with E-state index in [1.54, 1.807) is 48.3 Å². The van der Waals surface area contributed by atoms with Crippen molar-refractivity contribution in [1.82, 2.24) is 10.3 Å². The van der Waals surface area contributed by atoms with Gasteiger partial charge in [-0.3, -0.25) is 9.59 Å². The van der Waals surface area contributed by atoms with Crippen LogP contribution in [0.1, 0.15) is 16.8 Å². The number of rotatable bonds is 8. The van der Waals surface area contributed by atoms with Gasteiger partial charge < -0.3 is 15.5 Å². The van der Waals surface area contributed by atoms with E-state index < -0.39 is 6.04 Å². The van der Waals surface area contributed by atoms with Crippen molar-refractivity contribution >= 4 is 35.1 Å². The van der Waals surface area contributed by atoms with Gasteiger partial charge in [0.2, 0.25) is 5.91 Å². The molecule has 0 saturated carbocycles. The molecule has 0 spiro atoms. The minimum atomic E-state index is -0.608. The predicted molar refractivity (Wildman–Crippen MR) is 108 cm³/mol. The van der Waals surface area contributed by atoms with Crippen LogP contribution in [-0.2, 0) is 4.79 Å². The van der Waals surface area contributed by atoms with Crippen molar-refractivity contribution in [1.29, 1.82) is 0 Å². The molecule has 7 heteroatoms. The summed E-state index contributed by atoms with van der Waals surface area (Å²) in [6.07, 6.45) is 4.13. The van der Waals surface area contributed by atoms with Crippen LogP contribution in [0.25, 0.3) is 0 Å². The van der Waals surface area contributed by atoms with Crippen LogP contribution in [0, 0.1) is 0 Å². The molecule has 0 aliphatic rings. The van der Waals surface area contributed by atoms with Gasteiger partial charge in [0, 0.05) is 19.7 Å². The van der Waals surface area contributed by atoms with Crippen molar-refractivity contribution in [3.63, 3.8) is 0 Å². The zero-order valence-corrected chi connectivity index (χ0v) is 16.0. The van der Waals surface area contributed by atoms with Crippen LogP contribution in [0.3, 0.4) is 0 Å². The van der Waals surface area contributed by atoms with Crippen molar-refractivity contribution in [3.05, 3.63) is 54.2 Å². The lowest BCUT2D eigenvalue weighted by Gasteiger charge is -2.18. The lowest BCUT2D eigenvalue weighted by molar-refractivity contribution is -0.118. The van der Waals surface area contributed by atoms with Gasteiger partial charge in [-0.2, -0.15) is 11.8 Å². The zero-order valence-electron chi connectivity index (χ0n) is 15.2. The van der Waals surface area contributed by atoms with Crippen LogP contribution in [0.5, 0.6) is 0 Å². The summed E-state index contributed by atoms with van der Waals surface area (Å²) in [7, 11) is 3.80. The highest BCUT2D eigenvalue weighted by molar-refractivity contribution is 7.98. The second kappa shape index (κ2) is 9.82. The van der Waals surface area contributed by atoms with Crippen molar-refractivity contribution < 1.29 is 9.59 Å². The number of benzene rings is 1. The van der Waals surface area contributed by atoms with Gasteiger partial charge in [-0.05, 0) is 42.7 Å². The Morgan fingerprint density at radius 1 is 1.15 bits per heavy atom. The van der Waals surface area contributed by atoms with Crippen LogP contribution in [-0.4, -0.2) is 48.9 Å². The SMILES string of the molecule is CSCC[C@H](NC(=O)c1ccccc1)C(=O)Nc1ccc(N(C)C)nc1. The maximum absolute atomic E-state index is 12.6. The summed E-state index contributed by atoms with van der Waals surface area (Å²) in [5.41, 5.74) is 1.13. The molecule has 138 valence electrons. The molecule has 0 aliphatic heterocycles. The molecule has 6 nitrogen and oxygen atoms in total. The van der Waals surface area contributed by atoms with Crippen LogP contribution < -0.4 is 15.5 Å². The Kier molecular flexibility index (Phi) is 7.47. The number of amides is 2. The number of pyridine rings is 1. The first-order valence-electron chi connectivity index (χ1n) is 8.30. The van der Waals surface area contributed by atoms with E-state index in [2.05, 4.69) is 15.6 Å². The van der Waals surface area contributed by atoms with Gasteiger partial charge in [-0.15, -0.1) is 0 Å². The predicted octanol–water partition coefficient (Wildman–Crippen LogP) is 2.64. The fourth-order valence-electron chi connectivity index (χ4n) is 2.29. The molecule has 2 rings (SSSR count). The smallest absolute Gasteiger partial charge is 0.251 e. The largest absolute Gasteiger partial charge is 0.363 e. The van der Waals surface area contributed by atoms with Gasteiger partial charge in [0.25, 0.3) is 5.91 Å². The molecular weight excluding hydrogens is 348 g/mol. The molecule has 0 saturated heterocycles. The van der Waals surface area contributed by atoms with E-state index in [1.807, 2.05) is 37.4 Å². The van der Waals surface area contributed by atoms with E-state index in [4.69, 9.17) is 0 Å². The van der Waals surface area contributed by atoms with Crippen molar-refractivity contribution in [2.45, 2.75) is 12.5 Å². The molecule has 0 aliphatic carbocycles. The summed E-state index contributed by atoms with van der Waals surface area (Å²) in [4.78, 5) is 31.2. The maximum atomic E-state index is 12.6. The van der Waals surface area contributed by atoms with Crippen molar-refractivity contribution in [2.75, 3.05) is 36.3 Å². The first kappa shape index (κ1) is 19.8. The fraction of sp³-hybridized carbons (Fsp3) is 0.316. The zero-order chi connectivity index (χ0) is 18.9. The van der Waals surface area contributed by atoms with E-state index in [0.29, 0.717) is 17.7 Å². The molecule has 0 radical (unpaired) electrons. The third kappa shape index (κ3) is 5.77. The molecule has 2 amide bonds. The number of aromatic nitrogens is 1. The number of anilines is 2. The van der Waals surface area contributed by atoms with E-state index in [9.17, 15) is 9.59 Å². The van der Waals surface area contributed by atoms with Crippen LogP contribution in [0.4, 0.5) is 11.5 Å². The highest BCUT2D eigenvalue weighted by Gasteiger charge is 2.21. The Balaban J connectivity index is 2.04. The number of nitrogens with zero attached hydrogens (tertiary/aromatic N) is 2. The molecule has 1 aromatic carbocycles. The first-order chi connectivity index (χ1) is 12.5. The molecule has 26 heavy (non-hydrogen) atoms. The molecule has 0 bridgehead atoms. The first-order valence-corrected chi connectivity index (χ1v) is 9.69. The Bertz CT molecular complexity index is 720. The van der Waals surface area contributed by atoms with E-state index >= 15 is 0 Å². The molecule has 2 N–H and O–H groups in total. The molecule has 0 unspecified atom stereocenters. The average Bonchev–Trinajstić information content (AvgIpc) is 2.66. The van der Waals surface area contributed by atoms with Crippen LogP contribution in [0.15, 0.2) is 48.7 Å². The summed E-state index contributed by atoms with van der Waals surface area (Å²) in [6, 6.07) is 11.9. The number of hydrogen-bond donors (Lipinski definition) is 2. The van der Waals surface area contributed by atoms with Crippen LogP contribution >= 0.6 is 11.8 Å². The van der Waals surface area contributed by atoms with Gasteiger partial charge in [0.05, 0.1) is 11.9 Å². The number of thioether (sulfide) groups is 1. The summed E-state index contributed by atoms with van der Waals surface area (Å²) in [6.45, 7) is 0. The van der Waals surface area contributed by atoms with Gasteiger partial charge >= 0.3 is 0 Å². The van der Waals surface area contributed by atoms with Crippen molar-refractivity contribution in [3.8, 4) is 0 Å². The third-order valence-corrected chi connectivity index (χ3v) is 4.39. The lowest BCUT2D eigenvalue weighted by Crippen LogP contribution is -2.44. The van der Waals surface area contributed by atoms with E-state index in [1.165, 1.54) is 0 Å². The van der Waals surface area contributed by atoms with E-state index in [0.717, 1.165) is 11.6 Å². The van der Waals surface area contributed by atoms with E-state index in [-0.39, 0.29) is 11.8 Å². The maximum Gasteiger partial charge on any atom is 0.251 e. The third-order valence-electron chi connectivity index (χ3n) is 3.74. The number of hydrogen-bond acceptors (Lipinski definition) is 5. The normalized spacial score (nSPS) is 11.5. The Morgan fingerprint density at radius 3 is 2.46 bits per heavy atom. The average molecular weight is 372 g/mol. The Morgan fingerprint density at radius 2 is 1.88 bits per heavy atom. The standard InChI is InChI=1S/C19H24N4O2S/c1-23(2)17-10-9-15(13-20-17)21-19(25)16(11-12-26-3)22-18(24)14-7-5-4-6-8-14/h4-10,13,16H,11-12H2,1-3H3,(H,21,25)(H,22,24)/t16-/m0/s1. The lowest BCUT2D eigenvalue weighted by atomic mass is 10.1. The molecule has 0 fully saturated rings. The number of carbonyl (C=O) groups excluding carboxylic acids is 2. The van der Waals surface area contributed by atoms with Crippen molar-refractivity contribution in [2.24, 2.45) is 0 Å². The minimum absolute atomic E-state index is 0.247. The second-order valence-corrected chi connectivity index (χ2v) is 6.95. The fourth-order valence-corrected chi connectivity index (χ4v) is 2.76. The highest BCUT2D eigenvalue weighted by Crippen LogP contribution is 2.13. The molecular formula is C19H24N4O2S. The second-order valence-electron chi connectivity index (χ2n) is 5.96. The number of nitrogens with one attached hydrogen (secondary N) is 2. The molecule has 2 aromatic rings. The summed E-state index contributed by atoms with van der Waals surface area (Å²) >= 11 is 1.63. The molecule has 1 heterocycles. The quantitative estimate of drug-likeness (QED) is 0.745. The van der Waals surface area contributed by atoms with Gasteiger partial charge in [-0.1, -0.05) is 18.2 Å².